The highest BCUT2D eigenvalue weighted by Gasteiger charge is 2.14. The number of aryl methyl sites for hydroxylation is 1. The fraction of sp³-hybridized carbons (Fsp3) is 0.273. The third-order valence-electron chi connectivity index (χ3n) is 4.50. The number of para-hydroxylation sites is 1. The Morgan fingerprint density at radius 1 is 1.16 bits per heavy atom. The van der Waals surface area contributed by atoms with Gasteiger partial charge in [-0.25, -0.2) is 5.43 Å². The fourth-order valence-electron chi connectivity index (χ4n) is 2.95. The molecule has 0 atom stereocenters. The van der Waals surface area contributed by atoms with Crippen molar-refractivity contribution in [3.05, 3.63) is 53.6 Å². The lowest BCUT2D eigenvalue weighted by atomic mass is 10.1. The number of rotatable bonds is 9. The maximum absolute atomic E-state index is 12.2. The summed E-state index contributed by atoms with van der Waals surface area (Å²) in [6.45, 7) is 4.77. The number of hydrogen-bond acceptors (Lipinski definition) is 7. The van der Waals surface area contributed by atoms with Crippen molar-refractivity contribution < 1.29 is 14.3 Å². The number of hydrogen-bond donors (Lipinski definition) is 1. The summed E-state index contributed by atoms with van der Waals surface area (Å²) in [5, 5.41) is 13.3. The maximum atomic E-state index is 12.2. The third kappa shape index (κ3) is 5.43. The molecule has 1 aromatic heterocycles. The van der Waals surface area contributed by atoms with Crippen molar-refractivity contribution >= 4 is 23.9 Å². The van der Waals surface area contributed by atoms with Gasteiger partial charge in [0.2, 0.25) is 0 Å². The van der Waals surface area contributed by atoms with E-state index in [1.54, 1.807) is 20.3 Å². The number of hydrazone groups is 1. The Morgan fingerprint density at radius 2 is 1.94 bits per heavy atom. The van der Waals surface area contributed by atoms with Crippen LogP contribution in [0.15, 0.2) is 52.7 Å². The molecular weight excluding hydrogens is 414 g/mol. The van der Waals surface area contributed by atoms with E-state index in [1.165, 1.54) is 23.5 Å². The van der Waals surface area contributed by atoms with Crippen LogP contribution in [-0.2, 0) is 11.3 Å². The van der Waals surface area contributed by atoms with Gasteiger partial charge in [0.25, 0.3) is 5.91 Å². The van der Waals surface area contributed by atoms with Gasteiger partial charge in [-0.2, -0.15) is 5.10 Å². The number of carbonyl (C=O) groups excluding carboxylic acids is 1. The summed E-state index contributed by atoms with van der Waals surface area (Å²) < 4.78 is 12.6. The Hall–Kier alpha value is -3.33. The van der Waals surface area contributed by atoms with Crippen LogP contribution in [0.25, 0.3) is 11.4 Å². The number of benzene rings is 2. The molecule has 0 aliphatic heterocycles. The monoisotopic (exact) mass is 439 g/mol. The Labute approximate surface area is 185 Å². The van der Waals surface area contributed by atoms with Crippen molar-refractivity contribution in [2.45, 2.75) is 25.5 Å². The molecule has 31 heavy (non-hydrogen) atoms. The molecule has 3 aromatic rings. The minimum Gasteiger partial charge on any atom is -0.493 e. The molecule has 0 aliphatic carbocycles. The molecule has 2 aromatic carbocycles. The predicted molar refractivity (Wildman–Crippen MR) is 122 cm³/mol. The lowest BCUT2D eigenvalue weighted by Crippen LogP contribution is -2.20. The smallest absolute Gasteiger partial charge is 0.250 e. The van der Waals surface area contributed by atoms with Crippen LogP contribution < -0.4 is 14.9 Å². The molecule has 0 saturated carbocycles. The fourth-order valence-corrected chi connectivity index (χ4v) is 3.74. The van der Waals surface area contributed by atoms with Crippen LogP contribution in [0.4, 0.5) is 0 Å². The SMILES string of the molecule is CCn1c(SCC(=O)NN=Cc2cccc(OC)c2OC)nnc1-c1ccc(C)cc1. The second-order valence-electron chi connectivity index (χ2n) is 6.58. The molecule has 162 valence electrons. The van der Waals surface area contributed by atoms with Gasteiger partial charge in [0.15, 0.2) is 22.5 Å². The zero-order chi connectivity index (χ0) is 22.2. The van der Waals surface area contributed by atoms with Gasteiger partial charge in [0.1, 0.15) is 0 Å². The molecule has 0 radical (unpaired) electrons. The number of aromatic nitrogens is 3. The van der Waals surface area contributed by atoms with Crippen LogP contribution in [-0.4, -0.2) is 46.9 Å². The van der Waals surface area contributed by atoms with Crippen molar-refractivity contribution in [3.63, 3.8) is 0 Å². The molecule has 8 nitrogen and oxygen atoms in total. The third-order valence-corrected chi connectivity index (χ3v) is 5.47. The topological polar surface area (TPSA) is 90.6 Å². The van der Waals surface area contributed by atoms with Crippen LogP contribution in [0.1, 0.15) is 18.1 Å². The second kappa shape index (κ2) is 10.6. The highest BCUT2D eigenvalue weighted by molar-refractivity contribution is 7.99. The van der Waals surface area contributed by atoms with Gasteiger partial charge in [-0.3, -0.25) is 4.79 Å². The first-order valence-electron chi connectivity index (χ1n) is 9.73. The summed E-state index contributed by atoms with van der Waals surface area (Å²) in [5.74, 6) is 1.85. The Morgan fingerprint density at radius 3 is 2.61 bits per heavy atom. The van der Waals surface area contributed by atoms with Gasteiger partial charge < -0.3 is 14.0 Å². The summed E-state index contributed by atoms with van der Waals surface area (Å²) in [6, 6.07) is 13.6. The van der Waals surface area contributed by atoms with E-state index in [0.29, 0.717) is 28.8 Å². The van der Waals surface area contributed by atoms with E-state index >= 15 is 0 Å². The molecule has 0 unspecified atom stereocenters. The van der Waals surface area contributed by atoms with E-state index in [0.717, 1.165) is 11.4 Å². The number of nitrogens with zero attached hydrogens (tertiary/aromatic N) is 4. The molecule has 0 aliphatic rings. The first-order chi connectivity index (χ1) is 15.1. The molecule has 3 rings (SSSR count). The molecule has 0 bridgehead atoms. The van der Waals surface area contributed by atoms with Crippen LogP contribution >= 0.6 is 11.8 Å². The summed E-state index contributed by atoms with van der Waals surface area (Å²) >= 11 is 1.32. The second-order valence-corrected chi connectivity index (χ2v) is 7.52. The minimum atomic E-state index is -0.245. The van der Waals surface area contributed by atoms with E-state index in [1.807, 2.05) is 54.8 Å². The van der Waals surface area contributed by atoms with Crippen molar-refractivity contribution in [1.29, 1.82) is 0 Å². The summed E-state index contributed by atoms with van der Waals surface area (Å²) in [7, 11) is 3.12. The van der Waals surface area contributed by atoms with Crippen molar-refractivity contribution in [2.24, 2.45) is 5.10 Å². The molecule has 0 saturated heterocycles. The van der Waals surface area contributed by atoms with E-state index in [4.69, 9.17) is 9.47 Å². The summed E-state index contributed by atoms with van der Waals surface area (Å²) in [6.07, 6.45) is 1.52. The van der Waals surface area contributed by atoms with Gasteiger partial charge in [-0.1, -0.05) is 47.7 Å². The molecule has 1 amide bonds. The van der Waals surface area contributed by atoms with Crippen molar-refractivity contribution in [3.8, 4) is 22.9 Å². The number of ether oxygens (including phenoxy) is 2. The number of nitrogens with one attached hydrogen (secondary N) is 1. The Balaban J connectivity index is 1.62. The zero-order valence-electron chi connectivity index (χ0n) is 18.0. The lowest BCUT2D eigenvalue weighted by molar-refractivity contribution is -0.118. The molecule has 1 N–H and O–H groups in total. The van der Waals surface area contributed by atoms with Crippen molar-refractivity contribution in [1.82, 2.24) is 20.2 Å². The van der Waals surface area contributed by atoms with Crippen LogP contribution in [0.2, 0.25) is 0 Å². The van der Waals surface area contributed by atoms with Gasteiger partial charge in [-0.05, 0) is 26.0 Å². The zero-order valence-corrected chi connectivity index (χ0v) is 18.8. The molecular formula is C22H25N5O3S. The highest BCUT2D eigenvalue weighted by atomic mass is 32.2. The first-order valence-corrected chi connectivity index (χ1v) is 10.7. The number of amides is 1. The average molecular weight is 440 g/mol. The van der Waals surface area contributed by atoms with Gasteiger partial charge >= 0.3 is 0 Å². The standard InChI is InChI=1S/C22H25N5O3S/c1-5-27-21(16-11-9-15(2)10-12-16)25-26-22(27)31-14-19(28)24-23-13-17-7-6-8-18(29-3)20(17)30-4/h6-13H,5,14H2,1-4H3,(H,24,28). The summed E-state index contributed by atoms with van der Waals surface area (Å²) in [5.41, 5.74) is 5.40. The lowest BCUT2D eigenvalue weighted by Gasteiger charge is -2.09. The minimum absolute atomic E-state index is 0.165. The summed E-state index contributed by atoms with van der Waals surface area (Å²) in [4.78, 5) is 12.2. The molecule has 9 heteroatoms. The van der Waals surface area contributed by atoms with E-state index in [2.05, 4.69) is 20.7 Å². The van der Waals surface area contributed by atoms with Gasteiger partial charge in [0.05, 0.1) is 26.2 Å². The van der Waals surface area contributed by atoms with E-state index < -0.39 is 0 Å². The number of thioether (sulfide) groups is 1. The van der Waals surface area contributed by atoms with E-state index in [9.17, 15) is 4.79 Å². The number of methoxy groups -OCH3 is 2. The molecule has 1 heterocycles. The largest absolute Gasteiger partial charge is 0.493 e. The Bertz CT molecular complexity index is 1060. The van der Waals surface area contributed by atoms with Crippen LogP contribution in [0.3, 0.4) is 0 Å². The average Bonchev–Trinajstić information content (AvgIpc) is 3.20. The van der Waals surface area contributed by atoms with Crippen LogP contribution in [0, 0.1) is 6.92 Å². The highest BCUT2D eigenvalue weighted by Crippen LogP contribution is 2.29. The maximum Gasteiger partial charge on any atom is 0.250 e. The predicted octanol–water partition coefficient (Wildman–Crippen LogP) is 3.53. The molecule has 0 fully saturated rings. The first kappa shape index (κ1) is 22.4. The van der Waals surface area contributed by atoms with Gasteiger partial charge in [0, 0.05) is 17.7 Å². The molecule has 0 spiro atoms. The quantitative estimate of drug-likeness (QED) is 0.312. The van der Waals surface area contributed by atoms with E-state index in [-0.39, 0.29) is 11.7 Å². The van der Waals surface area contributed by atoms with Crippen molar-refractivity contribution in [2.75, 3.05) is 20.0 Å². The Kier molecular flexibility index (Phi) is 7.66. The number of carbonyl (C=O) groups is 1. The van der Waals surface area contributed by atoms with Gasteiger partial charge in [-0.15, -0.1) is 10.2 Å². The van der Waals surface area contributed by atoms with Crippen LogP contribution in [0.5, 0.6) is 11.5 Å². The normalized spacial score (nSPS) is 11.0.